The lowest BCUT2D eigenvalue weighted by Gasteiger charge is -2.11. The molecule has 0 spiro atoms. The van der Waals surface area contributed by atoms with Crippen molar-refractivity contribution in [2.24, 2.45) is 0 Å². The van der Waals surface area contributed by atoms with Crippen LogP contribution >= 0.6 is 0 Å². The summed E-state index contributed by atoms with van der Waals surface area (Å²) in [4.78, 5) is 17.0. The fourth-order valence-electron chi connectivity index (χ4n) is 1.11. The van der Waals surface area contributed by atoms with Gasteiger partial charge in [0.1, 0.15) is 6.33 Å². The molecule has 0 radical (unpaired) electrons. The van der Waals surface area contributed by atoms with Crippen molar-refractivity contribution in [2.45, 2.75) is 6.42 Å². The Kier molecular flexibility index (Phi) is 2.30. The third-order valence-corrected chi connectivity index (χ3v) is 1.80. The summed E-state index contributed by atoms with van der Waals surface area (Å²) in [6.07, 6.45) is 12.5. The second-order valence-electron chi connectivity index (χ2n) is 2.78. The number of aromatic nitrogens is 2. The van der Waals surface area contributed by atoms with Gasteiger partial charge >= 0.3 is 6.03 Å². The van der Waals surface area contributed by atoms with Gasteiger partial charge < -0.3 is 0 Å². The van der Waals surface area contributed by atoms with E-state index in [0.717, 1.165) is 6.42 Å². The Labute approximate surface area is 81.5 Å². The maximum atomic E-state index is 11.7. The van der Waals surface area contributed by atoms with Crippen LogP contribution in [0.1, 0.15) is 6.42 Å². The fraction of sp³-hybridized carbons (Fsp3) is 0.100. The molecule has 1 amide bonds. The van der Waals surface area contributed by atoms with Crippen molar-refractivity contribution in [2.75, 3.05) is 0 Å². The van der Waals surface area contributed by atoms with Crippen LogP contribution < -0.4 is 0 Å². The first-order valence-electron chi connectivity index (χ1n) is 4.26. The first-order chi connectivity index (χ1) is 6.88. The molecule has 1 aliphatic heterocycles. The molecule has 0 aliphatic carbocycles. The lowest BCUT2D eigenvalue weighted by atomic mass is 10.4. The van der Waals surface area contributed by atoms with Crippen LogP contribution in [-0.2, 0) is 0 Å². The Bertz CT molecular complexity index is 411. The van der Waals surface area contributed by atoms with Crippen LogP contribution in [0.25, 0.3) is 0 Å². The van der Waals surface area contributed by atoms with E-state index < -0.39 is 0 Å². The molecule has 4 nitrogen and oxygen atoms in total. The Hall–Kier alpha value is -2.06. The maximum Gasteiger partial charge on any atom is 0.338 e. The second-order valence-corrected chi connectivity index (χ2v) is 2.78. The minimum atomic E-state index is -0.165. The minimum absolute atomic E-state index is 0.165. The summed E-state index contributed by atoms with van der Waals surface area (Å²) < 4.78 is 1.41. The standard InChI is InChI=1S/C10H9N3O/c14-10(13-8-5-11-9-13)12-6-3-1-2-4-7-12/h1,4-9H,2H2. The van der Waals surface area contributed by atoms with E-state index in [1.54, 1.807) is 24.8 Å². The average molecular weight is 187 g/mol. The van der Waals surface area contributed by atoms with Crippen molar-refractivity contribution < 1.29 is 4.79 Å². The Morgan fingerprint density at radius 2 is 2.43 bits per heavy atom. The second kappa shape index (κ2) is 3.77. The smallest absolute Gasteiger partial charge is 0.269 e. The summed E-state index contributed by atoms with van der Waals surface area (Å²) >= 11 is 0. The number of carbonyl (C=O) groups is 1. The summed E-state index contributed by atoms with van der Waals surface area (Å²) in [5.41, 5.74) is 2.90. The number of allylic oxidation sites excluding steroid dienone is 2. The van der Waals surface area contributed by atoms with E-state index in [4.69, 9.17) is 0 Å². The van der Waals surface area contributed by atoms with Gasteiger partial charge in [0.2, 0.25) is 0 Å². The average Bonchev–Trinajstić information content (AvgIpc) is 2.59. The molecule has 0 atom stereocenters. The third-order valence-electron chi connectivity index (χ3n) is 1.80. The molecule has 0 N–H and O–H groups in total. The van der Waals surface area contributed by atoms with Gasteiger partial charge in [-0.3, -0.25) is 9.47 Å². The lowest BCUT2D eigenvalue weighted by molar-refractivity contribution is 0.228. The molecule has 70 valence electrons. The largest absolute Gasteiger partial charge is 0.338 e. The fourth-order valence-corrected chi connectivity index (χ4v) is 1.11. The number of hydrogen-bond acceptors (Lipinski definition) is 2. The number of rotatable bonds is 0. The van der Waals surface area contributed by atoms with E-state index in [2.05, 4.69) is 10.7 Å². The third kappa shape index (κ3) is 1.65. The summed E-state index contributed by atoms with van der Waals surface area (Å²) in [6.45, 7) is 0. The van der Waals surface area contributed by atoms with Gasteiger partial charge in [0, 0.05) is 18.6 Å². The number of nitrogens with zero attached hydrogens (tertiary/aromatic N) is 3. The van der Waals surface area contributed by atoms with Gasteiger partial charge in [-0.25, -0.2) is 9.78 Å². The van der Waals surface area contributed by atoms with Gasteiger partial charge in [-0.2, -0.15) is 0 Å². The molecular weight excluding hydrogens is 178 g/mol. The first kappa shape index (κ1) is 8.53. The highest BCUT2D eigenvalue weighted by atomic mass is 16.2. The minimum Gasteiger partial charge on any atom is -0.269 e. The Morgan fingerprint density at radius 3 is 3.21 bits per heavy atom. The van der Waals surface area contributed by atoms with Crippen LogP contribution in [0.4, 0.5) is 4.79 Å². The molecular formula is C10H9N3O. The molecule has 0 saturated carbocycles. The van der Waals surface area contributed by atoms with E-state index in [0.29, 0.717) is 0 Å². The molecule has 0 bridgehead atoms. The van der Waals surface area contributed by atoms with E-state index in [-0.39, 0.29) is 6.03 Å². The van der Waals surface area contributed by atoms with Gasteiger partial charge in [-0.1, -0.05) is 6.08 Å². The molecule has 2 heterocycles. The molecule has 2 rings (SSSR count). The molecule has 0 aromatic carbocycles. The zero-order chi connectivity index (χ0) is 9.80. The zero-order valence-electron chi connectivity index (χ0n) is 7.50. The summed E-state index contributed by atoms with van der Waals surface area (Å²) in [7, 11) is 0. The SMILES string of the molecule is O=C(N1C=C=CCC=C1)n1ccnc1. The number of carbonyl (C=O) groups excluding carboxylic acids is 1. The van der Waals surface area contributed by atoms with Crippen LogP contribution in [0.2, 0.25) is 0 Å². The van der Waals surface area contributed by atoms with Gasteiger partial charge in [0.25, 0.3) is 0 Å². The van der Waals surface area contributed by atoms with E-state index in [1.807, 2.05) is 12.2 Å². The van der Waals surface area contributed by atoms with Crippen molar-refractivity contribution >= 4 is 6.03 Å². The van der Waals surface area contributed by atoms with Crippen molar-refractivity contribution in [3.8, 4) is 0 Å². The Morgan fingerprint density at radius 1 is 1.50 bits per heavy atom. The zero-order valence-corrected chi connectivity index (χ0v) is 7.50. The molecule has 0 fully saturated rings. The molecule has 4 heteroatoms. The van der Waals surface area contributed by atoms with E-state index in [9.17, 15) is 4.79 Å². The first-order valence-corrected chi connectivity index (χ1v) is 4.26. The van der Waals surface area contributed by atoms with Crippen LogP contribution in [0.15, 0.2) is 49.0 Å². The van der Waals surface area contributed by atoms with Crippen LogP contribution in [0, 0.1) is 0 Å². The summed E-state index contributed by atoms with van der Waals surface area (Å²) in [6, 6.07) is -0.165. The molecule has 0 saturated heterocycles. The molecule has 1 aliphatic rings. The van der Waals surface area contributed by atoms with Gasteiger partial charge in [-0.05, 0) is 12.5 Å². The predicted octanol–water partition coefficient (Wildman–Crippen LogP) is 1.74. The highest BCUT2D eigenvalue weighted by Gasteiger charge is 2.09. The lowest BCUT2D eigenvalue weighted by Crippen LogP contribution is -2.24. The number of amides is 1. The van der Waals surface area contributed by atoms with Gasteiger partial charge in [-0.15, -0.1) is 5.73 Å². The number of hydrogen-bond donors (Lipinski definition) is 0. The van der Waals surface area contributed by atoms with Crippen molar-refractivity contribution in [1.82, 2.24) is 14.5 Å². The van der Waals surface area contributed by atoms with Crippen molar-refractivity contribution in [3.05, 3.63) is 49.0 Å². The highest BCUT2D eigenvalue weighted by molar-refractivity contribution is 5.78. The summed E-state index contributed by atoms with van der Waals surface area (Å²) in [5, 5.41) is 0. The predicted molar refractivity (Wildman–Crippen MR) is 51.3 cm³/mol. The highest BCUT2D eigenvalue weighted by Crippen LogP contribution is 2.02. The molecule has 1 aromatic heterocycles. The topological polar surface area (TPSA) is 38.1 Å². The molecule has 14 heavy (non-hydrogen) atoms. The summed E-state index contributed by atoms with van der Waals surface area (Å²) in [5.74, 6) is 0. The van der Waals surface area contributed by atoms with Gasteiger partial charge in [0.05, 0.1) is 6.20 Å². The van der Waals surface area contributed by atoms with Crippen molar-refractivity contribution in [3.63, 3.8) is 0 Å². The van der Waals surface area contributed by atoms with Crippen LogP contribution in [-0.4, -0.2) is 20.5 Å². The molecule has 0 unspecified atom stereocenters. The van der Waals surface area contributed by atoms with E-state index >= 15 is 0 Å². The van der Waals surface area contributed by atoms with Crippen LogP contribution in [0.5, 0.6) is 0 Å². The monoisotopic (exact) mass is 187 g/mol. The number of imidazole rings is 1. The quantitative estimate of drug-likeness (QED) is 0.580. The molecule has 1 aromatic rings. The van der Waals surface area contributed by atoms with Crippen molar-refractivity contribution in [1.29, 1.82) is 0 Å². The van der Waals surface area contributed by atoms with Gasteiger partial charge in [0.15, 0.2) is 0 Å². The Balaban J connectivity index is 2.23. The van der Waals surface area contributed by atoms with E-state index in [1.165, 1.54) is 15.8 Å². The van der Waals surface area contributed by atoms with Crippen LogP contribution in [0.3, 0.4) is 0 Å². The normalized spacial score (nSPS) is 14.4. The maximum absolute atomic E-state index is 11.7.